The monoisotopic (exact) mass is 398 g/mol. The number of hydrogen-bond acceptors (Lipinski definition) is 5. The Bertz CT molecular complexity index is 887. The van der Waals surface area contributed by atoms with E-state index in [0.717, 1.165) is 42.1 Å². The summed E-state index contributed by atoms with van der Waals surface area (Å²) in [6, 6.07) is 5.42. The van der Waals surface area contributed by atoms with Crippen LogP contribution in [0.15, 0.2) is 24.5 Å². The third kappa shape index (κ3) is 4.40. The molecule has 1 N–H and O–H groups in total. The second kappa shape index (κ2) is 8.06. The zero-order chi connectivity index (χ0) is 20.4. The third-order valence-electron chi connectivity index (χ3n) is 5.69. The molecule has 2 aliphatic rings. The number of rotatable bonds is 7. The standard InChI is InChI=1S/C22H27FN4O2/c1-15-20(16(2)25-14-24-15)18-13-17(26-21(28)22(23)7-8-22)5-6-19(18)29-12-11-27-9-3-4-10-27/h5-6,13-14H,3-4,7-12H2,1-2H3,(H,26,28). The first-order valence-electron chi connectivity index (χ1n) is 10.2. The Morgan fingerprint density at radius 3 is 2.55 bits per heavy atom. The lowest BCUT2D eigenvalue weighted by atomic mass is 10.0. The molecule has 1 aliphatic carbocycles. The van der Waals surface area contributed by atoms with E-state index in [1.807, 2.05) is 26.0 Å². The first kappa shape index (κ1) is 19.8. The van der Waals surface area contributed by atoms with Crippen LogP contribution in [0.3, 0.4) is 0 Å². The van der Waals surface area contributed by atoms with Gasteiger partial charge in [0.05, 0.1) is 0 Å². The topological polar surface area (TPSA) is 67.3 Å². The summed E-state index contributed by atoms with van der Waals surface area (Å²) in [4.78, 5) is 23.2. The molecule has 1 aromatic heterocycles. The average Bonchev–Trinajstić information content (AvgIpc) is 3.23. The summed E-state index contributed by atoms with van der Waals surface area (Å²) in [6.07, 6.45) is 4.60. The van der Waals surface area contributed by atoms with Gasteiger partial charge in [0.15, 0.2) is 5.67 Å². The van der Waals surface area contributed by atoms with Crippen molar-refractivity contribution in [2.45, 2.75) is 45.2 Å². The molecule has 1 saturated heterocycles. The number of amides is 1. The largest absolute Gasteiger partial charge is 0.492 e. The van der Waals surface area contributed by atoms with Crippen LogP contribution < -0.4 is 10.1 Å². The van der Waals surface area contributed by atoms with E-state index in [1.165, 1.54) is 19.2 Å². The van der Waals surface area contributed by atoms with Gasteiger partial charge in [0, 0.05) is 34.7 Å². The summed E-state index contributed by atoms with van der Waals surface area (Å²) in [5.74, 6) is 0.133. The van der Waals surface area contributed by atoms with Crippen molar-refractivity contribution in [1.29, 1.82) is 0 Å². The highest BCUT2D eigenvalue weighted by atomic mass is 19.1. The normalized spacial score (nSPS) is 17.9. The summed E-state index contributed by atoms with van der Waals surface area (Å²) in [6.45, 7) is 7.55. The Morgan fingerprint density at radius 1 is 1.21 bits per heavy atom. The molecular weight excluding hydrogens is 371 g/mol. The van der Waals surface area contributed by atoms with Crippen molar-refractivity contribution >= 4 is 11.6 Å². The van der Waals surface area contributed by atoms with E-state index in [1.54, 1.807) is 6.07 Å². The average molecular weight is 398 g/mol. The van der Waals surface area contributed by atoms with E-state index in [0.29, 0.717) is 18.0 Å². The van der Waals surface area contributed by atoms with Gasteiger partial charge in [0.25, 0.3) is 5.91 Å². The number of ether oxygens (including phenoxy) is 1. The summed E-state index contributed by atoms with van der Waals surface area (Å²) < 4.78 is 20.2. The third-order valence-corrected chi connectivity index (χ3v) is 5.69. The van der Waals surface area contributed by atoms with Crippen LogP contribution in [0.4, 0.5) is 10.1 Å². The molecule has 0 bridgehead atoms. The fourth-order valence-electron chi connectivity index (χ4n) is 3.78. The second-order valence-corrected chi connectivity index (χ2v) is 7.95. The number of benzene rings is 1. The number of halogens is 1. The molecule has 0 atom stereocenters. The summed E-state index contributed by atoms with van der Waals surface area (Å²) >= 11 is 0. The first-order chi connectivity index (χ1) is 14.0. The molecule has 1 saturated carbocycles. The number of hydrogen-bond donors (Lipinski definition) is 1. The Labute approximate surface area is 170 Å². The minimum absolute atomic E-state index is 0.286. The first-order valence-corrected chi connectivity index (χ1v) is 10.2. The van der Waals surface area contributed by atoms with Gasteiger partial charge in [-0.05, 0) is 70.8 Å². The molecule has 0 spiro atoms. The lowest BCUT2D eigenvalue weighted by Crippen LogP contribution is -2.25. The highest BCUT2D eigenvalue weighted by Crippen LogP contribution is 2.41. The van der Waals surface area contributed by atoms with Gasteiger partial charge in [-0.15, -0.1) is 0 Å². The Kier molecular flexibility index (Phi) is 5.50. The zero-order valence-electron chi connectivity index (χ0n) is 17.0. The van der Waals surface area contributed by atoms with Gasteiger partial charge < -0.3 is 10.1 Å². The zero-order valence-corrected chi connectivity index (χ0v) is 17.0. The molecule has 154 valence electrons. The maximum atomic E-state index is 14.1. The number of likely N-dealkylation sites (tertiary alicyclic amines) is 1. The highest BCUT2D eigenvalue weighted by Gasteiger charge is 2.50. The maximum absolute atomic E-state index is 14.1. The second-order valence-electron chi connectivity index (χ2n) is 7.95. The number of nitrogens with zero attached hydrogens (tertiary/aromatic N) is 3. The van der Waals surface area contributed by atoms with Crippen LogP contribution in [-0.2, 0) is 4.79 Å². The quantitative estimate of drug-likeness (QED) is 0.771. The van der Waals surface area contributed by atoms with Gasteiger partial charge in [-0.3, -0.25) is 9.69 Å². The molecule has 4 rings (SSSR count). The minimum atomic E-state index is -1.72. The summed E-state index contributed by atoms with van der Waals surface area (Å²) in [5.41, 5.74) is 2.17. The van der Waals surface area contributed by atoms with E-state index >= 15 is 0 Å². The molecule has 1 aromatic carbocycles. The molecule has 1 amide bonds. The predicted octanol–water partition coefficient (Wildman–Crippen LogP) is 3.68. The Hall–Kier alpha value is -2.54. The van der Waals surface area contributed by atoms with Crippen molar-refractivity contribution in [3.8, 4) is 16.9 Å². The molecule has 0 unspecified atom stereocenters. The number of anilines is 1. The van der Waals surface area contributed by atoms with Crippen molar-refractivity contribution in [2.75, 3.05) is 31.6 Å². The number of alkyl halides is 1. The number of nitrogens with one attached hydrogen (secondary N) is 1. The molecule has 1 aliphatic heterocycles. The van der Waals surface area contributed by atoms with Crippen molar-refractivity contribution in [1.82, 2.24) is 14.9 Å². The van der Waals surface area contributed by atoms with Crippen molar-refractivity contribution in [3.05, 3.63) is 35.9 Å². The van der Waals surface area contributed by atoms with Gasteiger partial charge in [0.1, 0.15) is 18.7 Å². The smallest absolute Gasteiger partial charge is 0.262 e. The van der Waals surface area contributed by atoms with Crippen LogP contribution in [0.5, 0.6) is 5.75 Å². The van der Waals surface area contributed by atoms with Crippen LogP contribution >= 0.6 is 0 Å². The predicted molar refractivity (Wildman–Crippen MR) is 110 cm³/mol. The minimum Gasteiger partial charge on any atom is -0.492 e. The van der Waals surface area contributed by atoms with Crippen LogP contribution in [0.1, 0.15) is 37.1 Å². The van der Waals surface area contributed by atoms with Crippen LogP contribution in [-0.4, -0.2) is 52.7 Å². The molecule has 29 heavy (non-hydrogen) atoms. The molecule has 2 aromatic rings. The maximum Gasteiger partial charge on any atom is 0.262 e. The molecule has 0 radical (unpaired) electrons. The van der Waals surface area contributed by atoms with Gasteiger partial charge in [0.2, 0.25) is 0 Å². The summed E-state index contributed by atoms with van der Waals surface area (Å²) in [7, 11) is 0. The van der Waals surface area contributed by atoms with Crippen LogP contribution in [0.2, 0.25) is 0 Å². The van der Waals surface area contributed by atoms with Crippen LogP contribution in [0, 0.1) is 13.8 Å². The molecule has 6 nitrogen and oxygen atoms in total. The van der Waals surface area contributed by atoms with Crippen LogP contribution in [0.25, 0.3) is 11.1 Å². The fraction of sp³-hybridized carbons (Fsp3) is 0.500. The van der Waals surface area contributed by atoms with E-state index in [2.05, 4.69) is 20.2 Å². The summed E-state index contributed by atoms with van der Waals surface area (Å²) in [5, 5.41) is 2.70. The Balaban J connectivity index is 1.59. The Morgan fingerprint density at radius 2 is 1.90 bits per heavy atom. The van der Waals surface area contributed by atoms with Crippen molar-refractivity contribution in [2.24, 2.45) is 0 Å². The fourth-order valence-corrected chi connectivity index (χ4v) is 3.78. The van der Waals surface area contributed by atoms with Gasteiger partial charge in [-0.1, -0.05) is 0 Å². The molecule has 2 fully saturated rings. The number of carbonyl (C=O) groups excluding carboxylic acids is 1. The SMILES string of the molecule is Cc1ncnc(C)c1-c1cc(NC(=O)C2(F)CC2)ccc1OCCN1CCCC1. The van der Waals surface area contributed by atoms with Gasteiger partial charge >= 0.3 is 0 Å². The van der Waals surface area contributed by atoms with E-state index in [9.17, 15) is 9.18 Å². The van der Waals surface area contributed by atoms with E-state index < -0.39 is 11.6 Å². The van der Waals surface area contributed by atoms with Crippen molar-refractivity contribution in [3.63, 3.8) is 0 Å². The number of carbonyl (C=O) groups is 1. The highest BCUT2D eigenvalue weighted by molar-refractivity contribution is 6.00. The lowest BCUT2D eigenvalue weighted by Gasteiger charge is -2.19. The van der Waals surface area contributed by atoms with Gasteiger partial charge in [-0.25, -0.2) is 14.4 Å². The molecular formula is C22H27FN4O2. The lowest BCUT2D eigenvalue weighted by molar-refractivity contribution is -0.122. The number of aromatic nitrogens is 2. The molecule has 2 heterocycles. The van der Waals surface area contributed by atoms with E-state index in [-0.39, 0.29) is 12.8 Å². The molecule has 7 heteroatoms. The van der Waals surface area contributed by atoms with Gasteiger partial charge in [-0.2, -0.15) is 0 Å². The van der Waals surface area contributed by atoms with Crippen molar-refractivity contribution < 1.29 is 13.9 Å². The number of aryl methyl sites for hydroxylation is 2. The van der Waals surface area contributed by atoms with E-state index in [4.69, 9.17) is 4.74 Å².